The maximum Gasteiger partial charge on any atom is 0.459 e. The van der Waals surface area contributed by atoms with E-state index >= 15 is 0 Å². The summed E-state index contributed by atoms with van der Waals surface area (Å²) in [6.45, 7) is 0. The van der Waals surface area contributed by atoms with Crippen molar-refractivity contribution in [3.05, 3.63) is 0 Å². The lowest BCUT2D eigenvalue weighted by Crippen LogP contribution is -2.55. The van der Waals surface area contributed by atoms with Gasteiger partial charge >= 0.3 is 36.0 Å². The van der Waals surface area contributed by atoms with Crippen LogP contribution in [0.3, 0.4) is 0 Å². The summed E-state index contributed by atoms with van der Waals surface area (Å²) in [6, 6.07) is 0. The molecule has 0 nitrogen and oxygen atoms in total. The first-order valence-electron chi connectivity index (χ1n) is 4.85. The van der Waals surface area contributed by atoms with Crippen LogP contribution < -0.4 is 0 Å². The van der Waals surface area contributed by atoms with Gasteiger partial charge in [-0.15, -0.1) is 0 Å². The minimum Gasteiger partial charge on any atom is -0.199 e. The molecule has 0 saturated carbocycles. The van der Waals surface area contributed by atoms with Crippen LogP contribution in [0.4, 0.5) is 61.5 Å². The summed E-state index contributed by atoms with van der Waals surface area (Å²) < 4.78 is 169. The molecular formula is C8H4F14. The van der Waals surface area contributed by atoms with Gasteiger partial charge in [0.1, 0.15) is 0 Å². The second kappa shape index (κ2) is 5.28. The zero-order valence-corrected chi connectivity index (χ0v) is 9.71. The van der Waals surface area contributed by atoms with Gasteiger partial charge in [-0.3, -0.25) is 0 Å². The minimum absolute atomic E-state index is 3.25. The number of alkyl halides is 14. The molecule has 0 heterocycles. The summed E-state index contributed by atoms with van der Waals surface area (Å²) >= 11 is 0. The highest BCUT2D eigenvalue weighted by Crippen LogP contribution is 2.53. The highest BCUT2D eigenvalue weighted by atomic mass is 19.4. The van der Waals surface area contributed by atoms with E-state index in [1.54, 1.807) is 0 Å². The lowest BCUT2D eigenvalue weighted by molar-refractivity contribution is -0.370. The van der Waals surface area contributed by atoms with Crippen LogP contribution in [0.5, 0.6) is 0 Å². The Balaban J connectivity index is 5.31. The molecule has 0 aliphatic carbocycles. The van der Waals surface area contributed by atoms with Crippen LogP contribution >= 0.6 is 0 Å². The fraction of sp³-hybridized carbons (Fsp3) is 1.00. The molecule has 0 rings (SSSR count). The van der Waals surface area contributed by atoms with Gasteiger partial charge < -0.3 is 0 Å². The van der Waals surface area contributed by atoms with E-state index in [-0.39, 0.29) is 0 Å². The maximum atomic E-state index is 12.6. The van der Waals surface area contributed by atoms with Crippen LogP contribution in [0.1, 0.15) is 12.8 Å². The predicted octanol–water partition coefficient (Wildman–Crippen LogP) is 5.43. The molecule has 0 fully saturated rings. The number of hydrogen-bond acceptors (Lipinski definition) is 0. The minimum atomic E-state index is -6.92. The molecule has 14 heteroatoms. The van der Waals surface area contributed by atoms with E-state index in [1.165, 1.54) is 0 Å². The zero-order chi connectivity index (χ0) is 18.4. The first kappa shape index (κ1) is 21.0. The van der Waals surface area contributed by atoms with Crippen molar-refractivity contribution in [2.24, 2.45) is 0 Å². The van der Waals surface area contributed by atoms with Gasteiger partial charge in [0, 0.05) is 12.8 Å². The molecule has 0 atom stereocenters. The van der Waals surface area contributed by atoms with Crippen LogP contribution in [0.15, 0.2) is 0 Å². The van der Waals surface area contributed by atoms with E-state index in [0.29, 0.717) is 0 Å². The molecule has 22 heavy (non-hydrogen) atoms. The van der Waals surface area contributed by atoms with Crippen molar-refractivity contribution in [1.82, 2.24) is 0 Å². The highest BCUT2D eigenvalue weighted by Gasteiger charge is 2.76. The molecule has 0 aromatic carbocycles. The van der Waals surface area contributed by atoms with Crippen molar-refractivity contribution in [2.75, 3.05) is 0 Å². The second-order valence-corrected chi connectivity index (χ2v) is 4.05. The van der Waals surface area contributed by atoms with Crippen molar-refractivity contribution in [3.63, 3.8) is 0 Å². The van der Waals surface area contributed by atoms with Gasteiger partial charge in [-0.25, -0.2) is 0 Å². The monoisotopic (exact) mass is 366 g/mol. The Hall–Kier alpha value is -0.980. The van der Waals surface area contributed by atoms with Crippen LogP contribution in [0.25, 0.3) is 0 Å². The third-order valence-electron chi connectivity index (χ3n) is 2.38. The summed E-state index contributed by atoms with van der Waals surface area (Å²) in [7, 11) is 0. The smallest absolute Gasteiger partial charge is 0.199 e. The van der Waals surface area contributed by atoms with Crippen LogP contribution in [-0.2, 0) is 0 Å². The molecule has 0 aromatic rings. The molecule has 0 radical (unpaired) electrons. The molecule has 0 amide bonds. The Bertz CT molecular complexity index is 347. The quantitative estimate of drug-likeness (QED) is 0.569. The third-order valence-corrected chi connectivity index (χ3v) is 2.38. The SMILES string of the molecule is FC(F)(F)C(F)(F)C(F)(F)CCC(F)(F)C(F)(F)C(F)(F)F. The van der Waals surface area contributed by atoms with Gasteiger partial charge in [0.2, 0.25) is 0 Å². The van der Waals surface area contributed by atoms with Crippen molar-refractivity contribution < 1.29 is 61.5 Å². The summed E-state index contributed by atoms with van der Waals surface area (Å²) in [5.41, 5.74) is 0. The van der Waals surface area contributed by atoms with E-state index in [0.717, 1.165) is 0 Å². The average molecular weight is 366 g/mol. The second-order valence-electron chi connectivity index (χ2n) is 4.05. The van der Waals surface area contributed by atoms with E-state index in [1.807, 2.05) is 0 Å². The molecule has 134 valence electrons. The summed E-state index contributed by atoms with van der Waals surface area (Å²) in [5.74, 6) is -26.4. The van der Waals surface area contributed by atoms with Crippen LogP contribution in [-0.4, -0.2) is 36.0 Å². The van der Waals surface area contributed by atoms with Gasteiger partial charge in [-0.05, 0) is 0 Å². The third kappa shape index (κ3) is 3.50. The molecular weight excluding hydrogens is 362 g/mol. The van der Waals surface area contributed by atoms with Crippen LogP contribution in [0, 0.1) is 0 Å². The number of rotatable bonds is 5. The van der Waals surface area contributed by atoms with Crippen molar-refractivity contribution in [2.45, 2.75) is 48.9 Å². The lowest BCUT2D eigenvalue weighted by atomic mass is 9.99. The van der Waals surface area contributed by atoms with Crippen molar-refractivity contribution in [1.29, 1.82) is 0 Å². The standard InChI is InChI=1S/C8H4F14/c9-3(10,5(13,14)7(17,18)19)1-2-4(11,12)6(15,16)8(20,21)22/h1-2H2. The Labute approximate surface area is 112 Å². The fourth-order valence-electron chi connectivity index (χ4n) is 1.04. The first-order valence-corrected chi connectivity index (χ1v) is 4.85. The number of halogens is 14. The maximum absolute atomic E-state index is 12.6. The highest BCUT2D eigenvalue weighted by molar-refractivity contribution is 4.96. The fourth-order valence-corrected chi connectivity index (χ4v) is 1.04. The molecule has 0 aromatic heterocycles. The largest absolute Gasteiger partial charge is 0.459 e. The van der Waals surface area contributed by atoms with E-state index < -0.39 is 48.9 Å². The van der Waals surface area contributed by atoms with E-state index in [4.69, 9.17) is 0 Å². The summed E-state index contributed by atoms with van der Waals surface area (Å²) in [4.78, 5) is 0. The Kier molecular flexibility index (Phi) is 5.05. The van der Waals surface area contributed by atoms with Crippen molar-refractivity contribution in [3.8, 4) is 0 Å². The Morgan fingerprint density at radius 1 is 0.364 bits per heavy atom. The van der Waals surface area contributed by atoms with E-state index in [2.05, 4.69) is 0 Å². The summed E-state index contributed by atoms with van der Waals surface area (Å²) in [5, 5.41) is 0. The molecule has 0 bridgehead atoms. The normalized spacial score (nSPS) is 16.1. The molecule has 0 spiro atoms. The van der Waals surface area contributed by atoms with E-state index in [9.17, 15) is 61.5 Å². The zero-order valence-electron chi connectivity index (χ0n) is 9.71. The predicted molar refractivity (Wildman–Crippen MR) is 41.1 cm³/mol. The molecule has 0 unspecified atom stereocenters. The number of hydrogen-bond donors (Lipinski definition) is 0. The van der Waals surface area contributed by atoms with Gasteiger partial charge in [-0.1, -0.05) is 0 Å². The topological polar surface area (TPSA) is 0 Å². The van der Waals surface area contributed by atoms with Gasteiger partial charge in [-0.2, -0.15) is 61.5 Å². The lowest BCUT2D eigenvalue weighted by Gasteiger charge is -2.32. The molecule has 0 saturated heterocycles. The first-order chi connectivity index (χ1) is 9.21. The molecule has 0 aliphatic heterocycles. The molecule has 0 aliphatic rings. The Morgan fingerprint density at radius 3 is 0.682 bits per heavy atom. The van der Waals surface area contributed by atoms with Gasteiger partial charge in [0.05, 0.1) is 0 Å². The van der Waals surface area contributed by atoms with Crippen LogP contribution in [0.2, 0.25) is 0 Å². The summed E-state index contributed by atoms with van der Waals surface area (Å²) in [6.07, 6.45) is -20.3. The van der Waals surface area contributed by atoms with Gasteiger partial charge in [0.15, 0.2) is 0 Å². The molecule has 0 N–H and O–H groups in total. The van der Waals surface area contributed by atoms with Gasteiger partial charge in [0.25, 0.3) is 0 Å². The Morgan fingerprint density at radius 2 is 0.545 bits per heavy atom. The van der Waals surface area contributed by atoms with Crippen molar-refractivity contribution >= 4 is 0 Å². The average Bonchev–Trinajstić information content (AvgIpc) is 2.23.